The molecule has 0 saturated heterocycles. The molecule has 0 radical (unpaired) electrons. The third-order valence-electron chi connectivity index (χ3n) is 3.44. The Balaban J connectivity index is 0.00000208. The molecule has 1 N–H and O–H groups in total. The average molecular weight is 407 g/mol. The maximum absolute atomic E-state index is 11.9. The van der Waals surface area contributed by atoms with Crippen molar-refractivity contribution in [3.05, 3.63) is 52.8 Å². The summed E-state index contributed by atoms with van der Waals surface area (Å²) in [6, 6.07) is 13.3. The lowest BCUT2D eigenvalue weighted by molar-refractivity contribution is 0.505. The first-order chi connectivity index (χ1) is 11.1. The van der Waals surface area contributed by atoms with Gasteiger partial charge in [0.1, 0.15) is 5.69 Å². The largest absolute Gasteiger partial charge is 0.365 e. The van der Waals surface area contributed by atoms with Crippen LogP contribution in [0.1, 0.15) is 19.9 Å². The summed E-state index contributed by atoms with van der Waals surface area (Å²) in [6.07, 6.45) is 0. The van der Waals surface area contributed by atoms with Crippen molar-refractivity contribution in [1.29, 1.82) is 0 Å². The van der Waals surface area contributed by atoms with Gasteiger partial charge in [0.05, 0.1) is 16.6 Å². The quantitative estimate of drug-likeness (QED) is 0.703. The van der Waals surface area contributed by atoms with Gasteiger partial charge in [-0.3, -0.25) is 4.79 Å². The first-order valence-corrected chi connectivity index (χ1v) is 8.26. The molecule has 0 aliphatic carbocycles. The third-order valence-corrected chi connectivity index (χ3v) is 4.53. The smallest absolute Gasteiger partial charge is 0.267 e. The van der Waals surface area contributed by atoms with E-state index >= 15 is 0 Å². The fraction of sp³-hybridized carbons (Fsp3) is 0.235. The van der Waals surface area contributed by atoms with Crippen LogP contribution in [0, 0.1) is 0 Å². The highest BCUT2D eigenvalue weighted by Crippen LogP contribution is 2.37. The normalized spacial score (nSPS) is 10.5. The van der Waals surface area contributed by atoms with E-state index in [0.29, 0.717) is 0 Å². The van der Waals surface area contributed by atoms with Crippen molar-refractivity contribution >= 4 is 33.4 Å². The van der Waals surface area contributed by atoms with Crippen LogP contribution in [-0.4, -0.2) is 21.8 Å². The summed E-state index contributed by atoms with van der Waals surface area (Å²) < 4.78 is 1.50. The molecule has 0 aliphatic heterocycles. The van der Waals surface area contributed by atoms with Crippen LogP contribution in [0.4, 0.5) is 5.13 Å². The fourth-order valence-corrected chi connectivity index (χ4v) is 3.21. The van der Waals surface area contributed by atoms with Gasteiger partial charge in [0, 0.05) is 18.7 Å². The minimum Gasteiger partial charge on any atom is -0.365 e. The number of nitrogens with one attached hydrogen (secondary N) is 1. The monoisotopic (exact) mass is 406 g/mol. The summed E-state index contributed by atoms with van der Waals surface area (Å²) >= 11 is 1.53. The number of rotatable bonds is 4. The summed E-state index contributed by atoms with van der Waals surface area (Å²) in [5.74, 6) is 0. The molecule has 1 aromatic carbocycles. The van der Waals surface area contributed by atoms with Gasteiger partial charge in [-0.15, -0.1) is 17.0 Å². The molecule has 2 heterocycles. The van der Waals surface area contributed by atoms with Crippen molar-refractivity contribution in [3.63, 3.8) is 0 Å². The number of aromatic nitrogens is 3. The van der Waals surface area contributed by atoms with Crippen molar-refractivity contribution in [2.75, 3.05) is 12.4 Å². The Morgan fingerprint density at radius 2 is 1.83 bits per heavy atom. The molecular weight excluding hydrogens is 388 g/mol. The Morgan fingerprint density at radius 1 is 1.12 bits per heavy atom. The van der Waals surface area contributed by atoms with Crippen molar-refractivity contribution in [3.8, 4) is 21.8 Å². The van der Waals surface area contributed by atoms with Crippen molar-refractivity contribution in [2.45, 2.75) is 19.9 Å². The van der Waals surface area contributed by atoms with Crippen LogP contribution in [0.25, 0.3) is 21.8 Å². The number of benzene rings is 1. The highest BCUT2D eigenvalue weighted by molar-refractivity contribution is 8.93. The number of thiazole rings is 1. The van der Waals surface area contributed by atoms with Gasteiger partial charge >= 0.3 is 0 Å². The van der Waals surface area contributed by atoms with Crippen molar-refractivity contribution in [1.82, 2.24) is 14.8 Å². The predicted molar refractivity (Wildman–Crippen MR) is 105 cm³/mol. The van der Waals surface area contributed by atoms with E-state index in [2.05, 4.69) is 15.4 Å². The Labute approximate surface area is 155 Å². The van der Waals surface area contributed by atoms with E-state index in [9.17, 15) is 4.79 Å². The van der Waals surface area contributed by atoms with Gasteiger partial charge in [0.25, 0.3) is 5.56 Å². The molecule has 0 atom stereocenters. The van der Waals surface area contributed by atoms with E-state index in [1.54, 1.807) is 12.1 Å². The Kier molecular flexibility index (Phi) is 5.90. The van der Waals surface area contributed by atoms with E-state index in [1.165, 1.54) is 16.0 Å². The van der Waals surface area contributed by atoms with E-state index in [4.69, 9.17) is 0 Å². The summed E-state index contributed by atoms with van der Waals surface area (Å²) in [6.45, 7) is 3.89. The molecule has 0 amide bonds. The molecule has 0 bridgehead atoms. The van der Waals surface area contributed by atoms with Crippen LogP contribution in [0.15, 0.2) is 47.3 Å². The molecule has 3 aromatic rings. The third kappa shape index (κ3) is 3.57. The highest BCUT2D eigenvalue weighted by atomic mass is 79.9. The van der Waals surface area contributed by atoms with Gasteiger partial charge < -0.3 is 5.32 Å². The minimum atomic E-state index is -0.0941. The second-order valence-corrected chi connectivity index (χ2v) is 6.41. The second kappa shape index (κ2) is 7.72. The van der Waals surface area contributed by atoms with Gasteiger partial charge in [-0.05, 0) is 19.9 Å². The highest BCUT2D eigenvalue weighted by Gasteiger charge is 2.17. The molecule has 0 spiro atoms. The Morgan fingerprint density at radius 3 is 2.46 bits per heavy atom. The lowest BCUT2D eigenvalue weighted by atomic mass is 10.1. The number of hydrogen-bond donors (Lipinski definition) is 1. The molecule has 0 aliphatic rings. The average Bonchev–Trinajstić information content (AvgIpc) is 3.00. The Bertz CT molecular complexity index is 874. The first-order valence-electron chi connectivity index (χ1n) is 7.44. The molecular formula is C17H19BrN4OS. The maximum Gasteiger partial charge on any atom is 0.267 e. The van der Waals surface area contributed by atoms with Crippen LogP contribution in [-0.2, 0) is 0 Å². The van der Waals surface area contributed by atoms with Crippen LogP contribution >= 0.6 is 28.3 Å². The van der Waals surface area contributed by atoms with Crippen molar-refractivity contribution in [2.24, 2.45) is 0 Å². The van der Waals surface area contributed by atoms with Gasteiger partial charge in [-0.25, -0.2) is 9.67 Å². The molecule has 24 heavy (non-hydrogen) atoms. The van der Waals surface area contributed by atoms with Crippen LogP contribution in [0.3, 0.4) is 0 Å². The number of hydrogen-bond acceptors (Lipinski definition) is 5. The fourth-order valence-electron chi connectivity index (χ4n) is 2.31. The van der Waals surface area contributed by atoms with Crippen LogP contribution < -0.4 is 10.9 Å². The lowest BCUT2D eigenvalue weighted by Gasteiger charge is -2.09. The summed E-state index contributed by atoms with van der Waals surface area (Å²) in [5, 5.41) is 8.43. The first kappa shape index (κ1) is 18.4. The zero-order valence-corrected chi connectivity index (χ0v) is 16.2. The van der Waals surface area contributed by atoms with E-state index < -0.39 is 0 Å². The second-order valence-electron chi connectivity index (χ2n) is 5.41. The lowest BCUT2D eigenvalue weighted by Crippen LogP contribution is -2.23. The van der Waals surface area contributed by atoms with E-state index in [0.717, 1.165) is 27.0 Å². The van der Waals surface area contributed by atoms with Gasteiger partial charge in [0.2, 0.25) is 0 Å². The van der Waals surface area contributed by atoms with Crippen LogP contribution in [0.5, 0.6) is 0 Å². The van der Waals surface area contributed by atoms with E-state index in [1.807, 2.05) is 51.2 Å². The molecule has 3 rings (SSSR count). The zero-order valence-electron chi connectivity index (χ0n) is 13.7. The SMILES string of the molecule is Br.CNc1nc(-c2ccccc2)c(-c2ccc(=O)n(C(C)C)n2)s1. The minimum absolute atomic E-state index is 0. The predicted octanol–water partition coefficient (Wildman–Crippen LogP) is 4.23. The Hall–Kier alpha value is -1.99. The number of halogens is 1. The summed E-state index contributed by atoms with van der Waals surface area (Å²) in [7, 11) is 1.85. The van der Waals surface area contributed by atoms with Gasteiger partial charge in [0.15, 0.2) is 5.13 Å². The van der Waals surface area contributed by atoms with Crippen LogP contribution in [0.2, 0.25) is 0 Å². The summed E-state index contributed by atoms with van der Waals surface area (Å²) in [4.78, 5) is 17.5. The molecule has 0 fully saturated rings. The van der Waals surface area contributed by atoms with Gasteiger partial charge in [-0.1, -0.05) is 41.7 Å². The molecule has 5 nitrogen and oxygen atoms in total. The molecule has 2 aromatic heterocycles. The van der Waals surface area contributed by atoms with E-state index in [-0.39, 0.29) is 28.6 Å². The maximum atomic E-state index is 11.9. The summed E-state index contributed by atoms with van der Waals surface area (Å²) in [5.41, 5.74) is 2.57. The van der Waals surface area contributed by atoms with Crippen molar-refractivity contribution < 1.29 is 0 Å². The molecule has 7 heteroatoms. The molecule has 126 valence electrons. The standard InChI is InChI=1S/C17H18N4OS.BrH/c1-11(2)21-14(22)10-9-13(20-21)16-15(19-17(18-3)23-16)12-7-5-4-6-8-12;/h4-11H,1-3H3,(H,18,19);1H. The number of anilines is 1. The number of nitrogens with zero attached hydrogens (tertiary/aromatic N) is 3. The zero-order chi connectivity index (χ0) is 16.4. The molecule has 0 unspecified atom stereocenters. The van der Waals surface area contributed by atoms with Gasteiger partial charge in [-0.2, -0.15) is 5.10 Å². The molecule has 0 saturated carbocycles. The topological polar surface area (TPSA) is 59.8 Å².